The fraction of sp³-hybridized carbons (Fsp3) is 0.400. The van der Waals surface area contributed by atoms with Crippen LogP contribution in [0.1, 0.15) is 12.5 Å². The molecule has 1 aromatic heterocycles. The van der Waals surface area contributed by atoms with Gasteiger partial charge in [0.2, 0.25) is 0 Å². The van der Waals surface area contributed by atoms with Crippen molar-refractivity contribution < 1.29 is 0 Å². The minimum Gasteiger partial charge on any atom is -0.361 e. The second kappa shape index (κ2) is 4.46. The first-order valence-electron chi connectivity index (χ1n) is 4.68. The van der Waals surface area contributed by atoms with Crippen LogP contribution in [0.15, 0.2) is 29.5 Å². The van der Waals surface area contributed by atoms with Gasteiger partial charge in [-0.15, -0.1) is 0 Å². The quantitative estimate of drug-likeness (QED) is 0.801. The summed E-state index contributed by atoms with van der Waals surface area (Å²) in [6.45, 7) is 3.96. The number of thioether (sulfide) groups is 1. The van der Waals surface area contributed by atoms with Gasteiger partial charge < -0.3 is 5.32 Å². The lowest BCUT2D eigenvalue weighted by molar-refractivity contribution is 0.910. The van der Waals surface area contributed by atoms with Crippen molar-refractivity contribution in [2.24, 2.45) is 4.99 Å². The third-order valence-electron chi connectivity index (χ3n) is 2.00. The van der Waals surface area contributed by atoms with E-state index in [1.807, 2.05) is 36.3 Å². The molecule has 0 amide bonds. The number of hydrogen-bond acceptors (Lipinski definition) is 4. The summed E-state index contributed by atoms with van der Waals surface area (Å²) < 4.78 is 0. The van der Waals surface area contributed by atoms with Crippen molar-refractivity contribution in [3.63, 3.8) is 0 Å². The summed E-state index contributed by atoms with van der Waals surface area (Å²) in [5, 5.41) is 5.00. The molecule has 0 bridgehead atoms. The van der Waals surface area contributed by atoms with Crippen LogP contribution in [-0.2, 0) is 6.54 Å². The number of aromatic nitrogens is 1. The summed E-state index contributed by atoms with van der Waals surface area (Å²) in [5.41, 5.74) is 1.24. The van der Waals surface area contributed by atoms with Gasteiger partial charge in [0.15, 0.2) is 5.17 Å². The Kier molecular flexibility index (Phi) is 3.03. The SMILES string of the molecule is C[C@H]1CN=C(NCc2ccncc2)S1. The first-order chi connectivity index (χ1) is 6.84. The second-order valence-corrected chi connectivity index (χ2v) is 4.71. The van der Waals surface area contributed by atoms with E-state index >= 15 is 0 Å². The Labute approximate surface area is 88.0 Å². The molecule has 0 aromatic carbocycles. The highest BCUT2D eigenvalue weighted by molar-refractivity contribution is 8.14. The maximum atomic E-state index is 4.38. The average Bonchev–Trinajstić information content (AvgIpc) is 2.63. The van der Waals surface area contributed by atoms with Crippen LogP contribution in [0.3, 0.4) is 0 Å². The molecule has 1 aliphatic rings. The standard InChI is InChI=1S/C10H13N3S/c1-8-6-12-10(14-8)13-7-9-2-4-11-5-3-9/h2-5,8H,6-7H2,1H3,(H,12,13)/t8-/m0/s1. The highest BCUT2D eigenvalue weighted by Crippen LogP contribution is 2.18. The van der Waals surface area contributed by atoms with Crippen LogP contribution in [-0.4, -0.2) is 21.9 Å². The van der Waals surface area contributed by atoms with E-state index in [1.165, 1.54) is 5.56 Å². The second-order valence-electron chi connectivity index (χ2n) is 3.28. The van der Waals surface area contributed by atoms with E-state index in [0.717, 1.165) is 18.3 Å². The first kappa shape index (κ1) is 9.52. The lowest BCUT2D eigenvalue weighted by Gasteiger charge is -2.05. The molecule has 1 N–H and O–H groups in total. The maximum absolute atomic E-state index is 4.38. The number of aliphatic imine (C=N–C) groups is 1. The molecule has 2 heterocycles. The van der Waals surface area contributed by atoms with Crippen LogP contribution >= 0.6 is 11.8 Å². The topological polar surface area (TPSA) is 37.3 Å². The summed E-state index contributed by atoms with van der Waals surface area (Å²) in [5.74, 6) is 0. The molecule has 1 aliphatic heterocycles. The van der Waals surface area contributed by atoms with E-state index < -0.39 is 0 Å². The molecule has 0 saturated carbocycles. The van der Waals surface area contributed by atoms with Crippen LogP contribution < -0.4 is 5.32 Å². The van der Waals surface area contributed by atoms with Crippen LogP contribution in [0, 0.1) is 0 Å². The normalized spacial score (nSPS) is 20.6. The third kappa shape index (κ3) is 2.48. The number of rotatable bonds is 2. The average molecular weight is 207 g/mol. The monoisotopic (exact) mass is 207 g/mol. The molecule has 74 valence electrons. The number of amidine groups is 1. The fourth-order valence-corrected chi connectivity index (χ4v) is 2.09. The molecule has 0 spiro atoms. The van der Waals surface area contributed by atoms with Crippen molar-refractivity contribution in [3.05, 3.63) is 30.1 Å². The Morgan fingerprint density at radius 3 is 2.93 bits per heavy atom. The van der Waals surface area contributed by atoms with Gasteiger partial charge in [0, 0.05) is 24.2 Å². The van der Waals surface area contributed by atoms with Crippen molar-refractivity contribution in [2.75, 3.05) is 6.54 Å². The van der Waals surface area contributed by atoms with E-state index in [2.05, 4.69) is 22.2 Å². The summed E-state index contributed by atoms with van der Waals surface area (Å²) in [7, 11) is 0. The number of hydrogen-bond donors (Lipinski definition) is 1. The molecule has 1 aromatic rings. The van der Waals surface area contributed by atoms with Crippen molar-refractivity contribution in [2.45, 2.75) is 18.7 Å². The fourth-order valence-electron chi connectivity index (χ4n) is 1.25. The van der Waals surface area contributed by atoms with Gasteiger partial charge in [0.05, 0.1) is 6.54 Å². The van der Waals surface area contributed by atoms with Gasteiger partial charge in [-0.1, -0.05) is 18.7 Å². The van der Waals surface area contributed by atoms with E-state index in [1.54, 1.807) is 0 Å². The highest BCUT2D eigenvalue weighted by Gasteiger charge is 2.13. The van der Waals surface area contributed by atoms with E-state index in [0.29, 0.717) is 5.25 Å². The Morgan fingerprint density at radius 2 is 2.29 bits per heavy atom. The van der Waals surface area contributed by atoms with Crippen molar-refractivity contribution in [1.29, 1.82) is 0 Å². The van der Waals surface area contributed by atoms with E-state index in [-0.39, 0.29) is 0 Å². The Morgan fingerprint density at radius 1 is 1.50 bits per heavy atom. The molecule has 3 nitrogen and oxygen atoms in total. The molecule has 0 radical (unpaired) electrons. The molecule has 0 fully saturated rings. The van der Waals surface area contributed by atoms with Crippen LogP contribution in [0.5, 0.6) is 0 Å². The minimum absolute atomic E-state index is 0.620. The zero-order valence-electron chi connectivity index (χ0n) is 8.10. The van der Waals surface area contributed by atoms with Crippen molar-refractivity contribution in [1.82, 2.24) is 10.3 Å². The molecule has 2 rings (SSSR count). The molecule has 0 saturated heterocycles. The summed E-state index contributed by atoms with van der Waals surface area (Å²) in [6.07, 6.45) is 3.62. The predicted octanol–water partition coefficient (Wildman–Crippen LogP) is 1.66. The molecular weight excluding hydrogens is 194 g/mol. The predicted molar refractivity (Wildman–Crippen MR) is 60.4 cm³/mol. The van der Waals surface area contributed by atoms with Crippen LogP contribution in [0.2, 0.25) is 0 Å². The van der Waals surface area contributed by atoms with Crippen molar-refractivity contribution >= 4 is 16.9 Å². The zero-order valence-corrected chi connectivity index (χ0v) is 8.92. The molecule has 1 atom stereocenters. The summed E-state index contributed by atoms with van der Waals surface area (Å²) in [4.78, 5) is 8.36. The van der Waals surface area contributed by atoms with Gasteiger partial charge >= 0.3 is 0 Å². The third-order valence-corrected chi connectivity index (χ3v) is 3.05. The number of nitrogens with one attached hydrogen (secondary N) is 1. The van der Waals surface area contributed by atoms with Crippen LogP contribution in [0.4, 0.5) is 0 Å². The Hall–Kier alpha value is -1.03. The van der Waals surface area contributed by atoms with Gasteiger partial charge in [-0.05, 0) is 17.7 Å². The maximum Gasteiger partial charge on any atom is 0.157 e. The zero-order chi connectivity index (χ0) is 9.80. The van der Waals surface area contributed by atoms with Gasteiger partial charge in [-0.25, -0.2) is 0 Å². The molecular formula is C10H13N3S. The first-order valence-corrected chi connectivity index (χ1v) is 5.56. The van der Waals surface area contributed by atoms with Crippen LogP contribution in [0.25, 0.3) is 0 Å². The van der Waals surface area contributed by atoms with E-state index in [9.17, 15) is 0 Å². The number of pyridine rings is 1. The van der Waals surface area contributed by atoms with Gasteiger partial charge in [-0.2, -0.15) is 0 Å². The summed E-state index contributed by atoms with van der Waals surface area (Å²) >= 11 is 1.81. The lowest BCUT2D eigenvalue weighted by Crippen LogP contribution is -2.18. The van der Waals surface area contributed by atoms with Gasteiger partial charge in [0.25, 0.3) is 0 Å². The number of nitrogens with zero attached hydrogens (tertiary/aromatic N) is 2. The molecule has 0 unspecified atom stereocenters. The largest absolute Gasteiger partial charge is 0.361 e. The minimum atomic E-state index is 0.620. The summed E-state index contributed by atoms with van der Waals surface area (Å²) in [6, 6.07) is 4.02. The van der Waals surface area contributed by atoms with Gasteiger partial charge in [-0.3, -0.25) is 9.98 Å². The molecule has 4 heteroatoms. The van der Waals surface area contributed by atoms with Crippen molar-refractivity contribution in [3.8, 4) is 0 Å². The van der Waals surface area contributed by atoms with Gasteiger partial charge in [0.1, 0.15) is 0 Å². The molecule has 14 heavy (non-hydrogen) atoms. The molecule has 0 aliphatic carbocycles. The highest BCUT2D eigenvalue weighted by atomic mass is 32.2. The smallest absolute Gasteiger partial charge is 0.157 e. The Bertz CT molecular complexity index is 323. The Balaban J connectivity index is 1.84. The van der Waals surface area contributed by atoms with E-state index in [4.69, 9.17) is 0 Å². The lowest BCUT2D eigenvalue weighted by atomic mass is 10.3.